The van der Waals surface area contributed by atoms with Crippen molar-refractivity contribution >= 4 is 17.1 Å². The molecule has 0 aliphatic heterocycles. The highest BCUT2D eigenvalue weighted by Gasteiger charge is 2.17. The number of aromatic nitrogens is 3. The number of imidazole rings is 1. The van der Waals surface area contributed by atoms with Gasteiger partial charge in [-0.1, -0.05) is 42.0 Å². The fourth-order valence-corrected chi connectivity index (χ4v) is 3.43. The fraction of sp³-hybridized carbons (Fsp3) is 0.174. The molecule has 0 bridgehead atoms. The number of nitrogens with one attached hydrogen (secondary N) is 1. The number of hydrogen-bond donors (Lipinski definition) is 1. The first kappa shape index (κ1) is 18.7. The molecule has 0 saturated carbocycles. The number of para-hydroxylation sites is 1. The molecule has 2 heterocycles. The average Bonchev–Trinajstić information content (AvgIpc) is 3.01. The molecule has 1 amide bonds. The molecule has 0 radical (unpaired) electrons. The summed E-state index contributed by atoms with van der Waals surface area (Å²) in [6.07, 6.45) is 1.64. The monoisotopic (exact) mass is 386 g/mol. The highest BCUT2D eigenvalue weighted by atomic mass is 16.2. The van der Waals surface area contributed by atoms with Crippen molar-refractivity contribution in [3.05, 3.63) is 94.0 Å². The van der Waals surface area contributed by atoms with Crippen LogP contribution in [0.15, 0.2) is 71.7 Å². The standard InChI is InChI=1S/C23H22N4O2/c1-16-10-11-17(2)18(13-16)14-25-21(28)15-26-20-9-6-12-24-22(20)27(23(26)29)19-7-4-3-5-8-19/h3-13H,14-15H2,1-2H3,(H,25,28). The van der Waals surface area contributed by atoms with E-state index in [1.807, 2.05) is 56.3 Å². The maximum absolute atomic E-state index is 13.1. The summed E-state index contributed by atoms with van der Waals surface area (Å²) in [6.45, 7) is 4.41. The Bertz CT molecular complexity index is 1240. The zero-order valence-corrected chi connectivity index (χ0v) is 16.4. The molecule has 0 aliphatic carbocycles. The number of nitrogens with zero attached hydrogens (tertiary/aromatic N) is 3. The minimum atomic E-state index is -0.285. The van der Waals surface area contributed by atoms with Crippen LogP contribution in [0.2, 0.25) is 0 Å². The van der Waals surface area contributed by atoms with Crippen LogP contribution in [-0.4, -0.2) is 20.0 Å². The van der Waals surface area contributed by atoms with Crippen LogP contribution in [-0.2, 0) is 17.9 Å². The van der Waals surface area contributed by atoms with Crippen molar-refractivity contribution in [1.82, 2.24) is 19.4 Å². The lowest BCUT2D eigenvalue weighted by molar-refractivity contribution is -0.121. The number of fused-ring (bicyclic) bond motifs is 1. The smallest absolute Gasteiger partial charge is 0.335 e. The van der Waals surface area contributed by atoms with Crippen LogP contribution in [0.4, 0.5) is 0 Å². The third kappa shape index (κ3) is 3.69. The molecule has 6 nitrogen and oxygen atoms in total. The first-order valence-electron chi connectivity index (χ1n) is 9.49. The summed E-state index contributed by atoms with van der Waals surface area (Å²) >= 11 is 0. The number of rotatable bonds is 5. The van der Waals surface area contributed by atoms with Gasteiger partial charge in [0.05, 0.1) is 11.2 Å². The molecule has 146 valence electrons. The maximum Gasteiger partial charge on any atom is 0.335 e. The van der Waals surface area contributed by atoms with E-state index in [4.69, 9.17) is 0 Å². The SMILES string of the molecule is Cc1ccc(C)c(CNC(=O)Cn2c(=O)n(-c3ccccc3)c3ncccc32)c1. The van der Waals surface area contributed by atoms with E-state index in [1.165, 1.54) is 9.13 Å². The molecule has 29 heavy (non-hydrogen) atoms. The predicted molar refractivity (Wildman–Crippen MR) is 113 cm³/mol. The number of carbonyl (C=O) groups is 1. The maximum atomic E-state index is 13.1. The summed E-state index contributed by atoms with van der Waals surface area (Å²) in [5, 5.41) is 2.93. The first-order valence-corrected chi connectivity index (χ1v) is 9.49. The lowest BCUT2D eigenvalue weighted by Crippen LogP contribution is -2.32. The molecule has 6 heteroatoms. The molecule has 1 N–H and O–H groups in total. The molecule has 0 spiro atoms. The molecule has 0 aliphatic rings. The van der Waals surface area contributed by atoms with Crippen LogP contribution < -0.4 is 11.0 Å². The Balaban J connectivity index is 1.63. The lowest BCUT2D eigenvalue weighted by atomic mass is 10.1. The summed E-state index contributed by atoms with van der Waals surface area (Å²) in [5.74, 6) is -0.219. The second kappa shape index (κ2) is 7.75. The Hall–Kier alpha value is -3.67. The second-order valence-corrected chi connectivity index (χ2v) is 7.09. The van der Waals surface area contributed by atoms with Gasteiger partial charge in [0.15, 0.2) is 5.65 Å². The van der Waals surface area contributed by atoms with Gasteiger partial charge in [-0.2, -0.15) is 0 Å². The van der Waals surface area contributed by atoms with E-state index < -0.39 is 0 Å². The van der Waals surface area contributed by atoms with E-state index in [-0.39, 0.29) is 18.1 Å². The van der Waals surface area contributed by atoms with Crippen molar-refractivity contribution in [2.75, 3.05) is 0 Å². The first-order chi connectivity index (χ1) is 14.0. The van der Waals surface area contributed by atoms with Gasteiger partial charge in [-0.05, 0) is 49.2 Å². The minimum Gasteiger partial charge on any atom is -0.350 e. The normalized spacial score (nSPS) is 11.0. The van der Waals surface area contributed by atoms with Crippen LogP contribution in [0.5, 0.6) is 0 Å². The van der Waals surface area contributed by atoms with Gasteiger partial charge in [0.2, 0.25) is 5.91 Å². The van der Waals surface area contributed by atoms with E-state index in [0.717, 1.165) is 22.4 Å². The van der Waals surface area contributed by atoms with Gasteiger partial charge in [-0.3, -0.25) is 9.36 Å². The number of benzene rings is 2. The molecular weight excluding hydrogens is 364 g/mol. The van der Waals surface area contributed by atoms with Gasteiger partial charge < -0.3 is 5.32 Å². The third-order valence-corrected chi connectivity index (χ3v) is 4.99. The Labute approximate surface area is 168 Å². The zero-order valence-electron chi connectivity index (χ0n) is 16.4. The Kier molecular flexibility index (Phi) is 4.99. The highest BCUT2D eigenvalue weighted by molar-refractivity contribution is 5.80. The van der Waals surface area contributed by atoms with Crippen molar-refractivity contribution < 1.29 is 4.79 Å². The van der Waals surface area contributed by atoms with E-state index in [2.05, 4.69) is 16.4 Å². The summed E-state index contributed by atoms with van der Waals surface area (Å²) < 4.78 is 3.00. The van der Waals surface area contributed by atoms with Gasteiger partial charge in [-0.15, -0.1) is 0 Å². The van der Waals surface area contributed by atoms with Gasteiger partial charge in [0, 0.05) is 12.7 Å². The summed E-state index contributed by atoms with van der Waals surface area (Å²) in [7, 11) is 0. The van der Waals surface area contributed by atoms with E-state index in [9.17, 15) is 9.59 Å². The Morgan fingerprint density at radius 3 is 2.62 bits per heavy atom. The molecule has 0 fully saturated rings. The van der Waals surface area contributed by atoms with Crippen LogP contribution in [0.25, 0.3) is 16.9 Å². The minimum absolute atomic E-state index is 0.0638. The molecule has 4 aromatic rings. The Morgan fingerprint density at radius 1 is 1.03 bits per heavy atom. The third-order valence-electron chi connectivity index (χ3n) is 4.99. The number of aryl methyl sites for hydroxylation is 2. The molecule has 0 unspecified atom stereocenters. The summed E-state index contributed by atoms with van der Waals surface area (Å²) in [6, 6.07) is 19.0. The largest absolute Gasteiger partial charge is 0.350 e. The van der Waals surface area contributed by atoms with E-state index in [0.29, 0.717) is 17.7 Å². The number of amides is 1. The summed E-state index contributed by atoms with van der Waals surface area (Å²) in [5.41, 5.74) is 4.93. The summed E-state index contributed by atoms with van der Waals surface area (Å²) in [4.78, 5) is 30.1. The van der Waals surface area contributed by atoms with Gasteiger partial charge in [0.25, 0.3) is 0 Å². The fourth-order valence-electron chi connectivity index (χ4n) is 3.43. The van der Waals surface area contributed by atoms with Crippen molar-refractivity contribution in [1.29, 1.82) is 0 Å². The van der Waals surface area contributed by atoms with Crippen LogP contribution in [0.1, 0.15) is 16.7 Å². The predicted octanol–water partition coefficient (Wildman–Crippen LogP) is 3.12. The molecule has 0 atom stereocenters. The quantitative estimate of drug-likeness (QED) is 0.573. The number of hydrogen-bond acceptors (Lipinski definition) is 3. The molecule has 4 rings (SSSR count). The van der Waals surface area contributed by atoms with E-state index in [1.54, 1.807) is 18.3 Å². The van der Waals surface area contributed by atoms with Crippen molar-refractivity contribution in [3.63, 3.8) is 0 Å². The van der Waals surface area contributed by atoms with Gasteiger partial charge >= 0.3 is 5.69 Å². The molecular formula is C23H22N4O2. The number of carbonyl (C=O) groups excluding carboxylic acids is 1. The van der Waals surface area contributed by atoms with E-state index >= 15 is 0 Å². The average molecular weight is 386 g/mol. The van der Waals surface area contributed by atoms with Crippen molar-refractivity contribution in [3.8, 4) is 5.69 Å². The molecule has 2 aromatic heterocycles. The topological polar surface area (TPSA) is 68.9 Å². The Morgan fingerprint density at radius 2 is 1.83 bits per heavy atom. The molecule has 0 saturated heterocycles. The van der Waals surface area contributed by atoms with Crippen molar-refractivity contribution in [2.24, 2.45) is 0 Å². The van der Waals surface area contributed by atoms with Crippen LogP contribution >= 0.6 is 0 Å². The van der Waals surface area contributed by atoms with Crippen LogP contribution in [0.3, 0.4) is 0 Å². The number of pyridine rings is 1. The van der Waals surface area contributed by atoms with Crippen LogP contribution in [0, 0.1) is 13.8 Å². The highest BCUT2D eigenvalue weighted by Crippen LogP contribution is 2.15. The second-order valence-electron chi connectivity index (χ2n) is 7.09. The van der Waals surface area contributed by atoms with Gasteiger partial charge in [0.1, 0.15) is 6.54 Å². The molecule has 2 aromatic carbocycles. The lowest BCUT2D eigenvalue weighted by Gasteiger charge is -2.09. The van der Waals surface area contributed by atoms with Gasteiger partial charge in [-0.25, -0.2) is 14.3 Å². The zero-order chi connectivity index (χ0) is 20.4. The van der Waals surface area contributed by atoms with Crippen molar-refractivity contribution in [2.45, 2.75) is 26.9 Å².